The number of hydrogen-bond acceptors (Lipinski definition) is 5. The van der Waals surface area contributed by atoms with E-state index in [-0.39, 0.29) is 11.4 Å². The summed E-state index contributed by atoms with van der Waals surface area (Å²) in [6, 6.07) is 8.88. The zero-order chi connectivity index (χ0) is 17.0. The Kier molecular flexibility index (Phi) is 4.83. The molecule has 6 nitrogen and oxygen atoms in total. The highest BCUT2D eigenvalue weighted by molar-refractivity contribution is 6.03. The van der Waals surface area contributed by atoms with Crippen LogP contribution in [-0.2, 0) is 0 Å². The minimum atomic E-state index is -0.308. The highest BCUT2D eigenvalue weighted by Gasteiger charge is 2.16. The van der Waals surface area contributed by atoms with Crippen LogP contribution >= 0.6 is 0 Å². The smallest absolute Gasteiger partial charge is 0.274 e. The largest absolute Gasteiger partial charge is 0.495 e. The van der Waals surface area contributed by atoms with Crippen LogP contribution in [0.1, 0.15) is 37.0 Å². The number of aromatic nitrogens is 2. The van der Waals surface area contributed by atoms with Crippen LogP contribution in [0.25, 0.3) is 0 Å². The molecule has 23 heavy (non-hydrogen) atoms. The van der Waals surface area contributed by atoms with Gasteiger partial charge in [0.15, 0.2) is 0 Å². The number of rotatable bonds is 4. The highest BCUT2D eigenvalue weighted by Crippen LogP contribution is 2.23. The maximum Gasteiger partial charge on any atom is 0.274 e. The molecule has 0 bridgehead atoms. The van der Waals surface area contributed by atoms with E-state index < -0.39 is 0 Å². The number of anilines is 2. The SMILES string of the molecule is COc1ccccc1NC(=O)c1cc(C)nc(NC(C)(C)C)n1. The molecule has 1 aromatic heterocycles. The van der Waals surface area contributed by atoms with Gasteiger partial charge in [-0.25, -0.2) is 9.97 Å². The Hall–Kier alpha value is -2.63. The lowest BCUT2D eigenvalue weighted by molar-refractivity contribution is 0.102. The average Bonchev–Trinajstić information content (AvgIpc) is 2.45. The molecule has 0 aliphatic carbocycles. The Balaban J connectivity index is 2.25. The summed E-state index contributed by atoms with van der Waals surface area (Å²) in [5, 5.41) is 5.99. The number of hydrogen-bond donors (Lipinski definition) is 2. The molecule has 0 atom stereocenters. The van der Waals surface area contributed by atoms with Gasteiger partial charge in [-0.2, -0.15) is 0 Å². The van der Waals surface area contributed by atoms with Crippen LogP contribution in [0.4, 0.5) is 11.6 Å². The lowest BCUT2D eigenvalue weighted by Crippen LogP contribution is -2.28. The number of amides is 1. The molecule has 0 unspecified atom stereocenters. The Morgan fingerprint density at radius 2 is 1.87 bits per heavy atom. The van der Waals surface area contributed by atoms with Crippen LogP contribution in [0.2, 0.25) is 0 Å². The first-order valence-corrected chi connectivity index (χ1v) is 7.37. The van der Waals surface area contributed by atoms with E-state index in [2.05, 4.69) is 20.6 Å². The van der Waals surface area contributed by atoms with Gasteiger partial charge in [-0.15, -0.1) is 0 Å². The normalized spacial score (nSPS) is 11.0. The Morgan fingerprint density at radius 3 is 2.52 bits per heavy atom. The molecule has 0 spiro atoms. The molecule has 1 amide bonds. The third-order valence-corrected chi connectivity index (χ3v) is 2.93. The van der Waals surface area contributed by atoms with Crippen molar-refractivity contribution in [1.29, 1.82) is 0 Å². The number of carbonyl (C=O) groups is 1. The predicted octanol–water partition coefficient (Wildman–Crippen LogP) is 3.26. The fourth-order valence-electron chi connectivity index (χ4n) is 2.01. The quantitative estimate of drug-likeness (QED) is 0.906. The number of nitrogens with one attached hydrogen (secondary N) is 2. The van der Waals surface area contributed by atoms with E-state index in [9.17, 15) is 4.79 Å². The van der Waals surface area contributed by atoms with Crippen molar-refractivity contribution < 1.29 is 9.53 Å². The highest BCUT2D eigenvalue weighted by atomic mass is 16.5. The molecule has 2 N–H and O–H groups in total. The molecule has 0 aliphatic rings. The van der Waals surface area contributed by atoms with E-state index in [1.807, 2.05) is 39.8 Å². The van der Waals surface area contributed by atoms with Crippen LogP contribution in [0.5, 0.6) is 5.75 Å². The van der Waals surface area contributed by atoms with Crippen LogP contribution < -0.4 is 15.4 Å². The Labute approximate surface area is 136 Å². The fraction of sp³-hybridized carbons (Fsp3) is 0.353. The van der Waals surface area contributed by atoms with Gasteiger partial charge in [-0.3, -0.25) is 4.79 Å². The van der Waals surface area contributed by atoms with Gasteiger partial charge in [0.1, 0.15) is 11.4 Å². The van der Waals surface area contributed by atoms with Gasteiger partial charge in [-0.1, -0.05) is 12.1 Å². The van der Waals surface area contributed by atoms with Crippen LogP contribution in [0, 0.1) is 6.92 Å². The third-order valence-electron chi connectivity index (χ3n) is 2.93. The molecule has 2 aromatic rings. The second-order valence-electron chi connectivity index (χ2n) is 6.25. The minimum absolute atomic E-state index is 0.190. The second kappa shape index (κ2) is 6.64. The van der Waals surface area contributed by atoms with Gasteiger partial charge >= 0.3 is 0 Å². The maximum absolute atomic E-state index is 12.5. The summed E-state index contributed by atoms with van der Waals surface area (Å²) in [4.78, 5) is 21.1. The van der Waals surface area contributed by atoms with E-state index in [1.54, 1.807) is 25.3 Å². The van der Waals surface area contributed by atoms with E-state index in [4.69, 9.17) is 4.74 Å². The number of nitrogens with zero attached hydrogens (tertiary/aromatic N) is 2. The van der Waals surface area contributed by atoms with E-state index in [0.29, 0.717) is 23.1 Å². The Morgan fingerprint density at radius 1 is 1.17 bits per heavy atom. The van der Waals surface area contributed by atoms with Crippen LogP contribution in [-0.4, -0.2) is 28.5 Å². The molecular formula is C17H22N4O2. The summed E-state index contributed by atoms with van der Waals surface area (Å²) in [6.45, 7) is 7.85. The summed E-state index contributed by atoms with van der Waals surface area (Å²) in [5.41, 5.74) is 1.43. The van der Waals surface area contributed by atoms with Gasteiger partial charge in [0.05, 0.1) is 12.8 Å². The van der Waals surface area contributed by atoms with E-state index in [0.717, 1.165) is 5.69 Å². The topological polar surface area (TPSA) is 76.1 Å². The number of carbonyl (C=O) groups excluding carboxylic acids is 1. The van der Waals surface area contributed by atoms with Crippen molar-refractivity contribution in [2.45, 2.75) is 33.2 Å². The van der Waals surface area contributed by atoms with Crippen LogP contribution in [0.3, 0.4) is 0 Å². The molecule has 122 valence electrons. The molecule has 0 radical (unpaired) electrons. The summed E-state index contributed by atoms with van der Waals surface area (Å²) >= 11 is 0. The zero-order valence-electron chi connectivity index (χ0n) is 14.1. The lowest BCUT2D eigenvalue weighted by Gasteiger charge is -2.21. The number of ether oxygens (including phenoxy) is 1. The molecule has 0 saturated heterocycles. The van der Waals surface area contributed by atoms with Gasteiger partial charge in [0, 0.05) is 11.2 Å². The summed E-state index contributed by atoms with van der Waals surface area (Å²) in [7, 11) is 1.56. The molecule has 0 fully saturated rings. The van der Waals surface area contributed by atoms with Crippen molar-refractivity contribution in [3.05, 3.63) is 41.7 Å². The first-order chi connectivity index (χ1) is 10.8. The van der Waals surface area contributed by atoms with E-state index in [1.165, 1.54) is 0 Å². The van der Waals surface area contributed by atoms with Gasteiger partial charge in [0.2, 0.25) is 5.95 Å². The van der Waals surface area contributed by atoms with Crippen LogP contribution in [0.15, 0.2) is 30.3 Å². The van der Waals surface area contributed by atoms with E-state index >= 15 is 0 Å². The number of benzene rings is 1. The zero-order valence-corrected chi connectivity index (χ0v) is 14.1. The summed E-state index contributed by atoms with van der Waals surface area (Å²) < 4.78 is 5.24. The van der Waals surface area contributed by atoms with Crippen molar-refractivity contribution in [3.63, 3.8) is 0 Å². The van der Waals surface area contributed by atoms with Crippen molar-refractivity contribution in [2.24, 2.45) is 0 Å². The maximum atomic E-state index is 12.5. The summed E-state index contributed by atoms with van der Waals surface area (Å²) in [6.07, 6.45) is 0. The lowest BCUT2D eigenvalue weighted by atomic mass is 10.1. The van der Waals surface area contributed by atoms with Crippen molar-refractivity contribution in [2.75, 3.05) is 17.7 Å². The third kappa shape index (κ3) is 4.67. The fourth-order valence-corrected chi connectivity index (χ4v) is 2.01. The Bertz CT molecular complexity index is 708. The molecule has 6 heteroatoms. The van der Waals surface area contributed by atoms with Crippen molar-refractivity contribution in [1.82, 2.24) is 9.97 Å². The van der Waals surface area contributed by atoms with Crippen molar-refractivity contribution >= 4 is 17.5 Å². The standard InChI is InChI=1S/C17H22N4O2/c1-11-10-13(20-16(18-11)21-17(2,3)4)15(22)19-12-8-6-7-9-14(12)23-5/h6-10H,1-5H3,(H,19,22)(H,18,20,21). The first-order valence-electron chi connectivity index (χ1n) is 7.37. The van der Waals surface area contributed by atoms with Crippen molar-refractivity contribution in [3.8, 4) is 5.75 Å². The molecular weight excluding hydrogens is 292 g/mol. The molecule has 0 aliphatic heterocycles. The molecule has 2 rings (SSSR count). The molecule has 0 saturated carbocycles. The van der Waals surface area contributed by atoms with Gasteiger partial charge in [0.25, 0.3) is 5.91 Å². The number of para-hydroxylation sites is 2. The predicted molar refractivity (Wildman–Crippen MR) is 91.1 cm³/mol. The van der Waals surface area contributed by atoms with Gasteiger partial charge in [-0.05, 0) is 45.9 Å². The second-order valence-corrected chi connectivity index (χ2v) is 6.25. The molecule has 1 heterocycles. The first kappa shape index (κ1) is 16.7. The number of methoxy groups -OCH3 is 1. The minimum Gasteiger partial charge on any atom is -0.495 e. The average molecular weight is 314 g/mol. The summed E-state index contributed by atoms with van der Waals surface area (Å²) in [5.74, 6) is 0.722. The number of aryl methyl sites for hydroxylation is 1. The van der Waals surface area contributed by atoms with Gasteiger partial charge < -0.3 is 15.4 Å². The molecule has 1 aromatic carbocycles. The monoisotopic (exact) mass is 314 g/mol.